The Morgan fingerprint density at radius 2 is 1.62 bits per heavy atom. The van der Waals surface area contributed by atoms with Crippen molar-refractivity contribution >= 4 is 18.0 Å². The molecule has 1 unspecified atom stereocenters. The van der Waals surface area contributed by atoms with E-state index >= 15 is 0 Å². The number of alkyl carbamates (subject to hydrolysis) is 1. The van der Waals surface area contributed by atoms with Gasteiger partial charge in [-0.05, 0) is 47.9 Å². The van der Waals surface area contributed by atoms with Crippen molar-refractivity contribution in [2.24, 2.45) is 5.92 Å². The first kappa shape index (κ1) is 25.3. The second-order valence-electron chi connectivity index (χ2n) is 8.92. The molecule has 182 valence electrons. The molecular weight excluding hydrogens is 432 g/mol. The highest BCUT2D eigenvalue weighted by Gasteiger charge is 2.29. The van der Waals surface area contributed by atoms with E-state index in [-0.39, 0.29) is 36.8 Å². The van der Waals surface area contributed by atoms with Crippen LogP contribution in [0.25, 0.3) is 11.1 Å². The summed E-state index contributed by atoms with van der Waals surface area (Å²) >= 11 is 0. The van der Waals surface area contributed by atoms with Gasteiger partial charge in [-0.1, -0.05) is 61.9 Å². The number of carbonyl (C=O) groups excluding carboxylic acids is 2. The minimum Gasteiger partial charge on any atom is -0.481 e. The largest absolute Gasteiger partial charge is 0.481 e. The lowest BCUT2D eigenvalue weighted by Gasteiger charge is -2.17. The summed E-state index contributed by atoms with van der Waals surface area (Å²) in [4.78, 5) is 35.1. The lowest BCUT2D eigenvalue weighted by atomic mass is 9.96. The zero-order chi connectivity index (χ0) is 24.5. The lowest BCUT2D eigenvalue weighted by molar-refractivity contribution is -0.137. The predicted octanol–water partition coefficient (Wildman–Crippen LogP) is 4.70. The van der Waals surface area contributed by atoms with Crippen molar-refractivity contribution in [3.8, 4) is 11.1 Å². The van der Waals surface area contributed by atoms with Gasteiger partial charge in [0.1, 0.15) is 6.61 Å². The van der Waals surface area contributed by atoms with Gasteiger partial charge in [0.2, 0.25) is 5.91 Å². The van der Waals surface area contributed by atoms with E-state index in [2.05, 4.69) is 41.8 Å². The number of aliphatic carboxylic acids is 1. The zero-order valence-corrected chi connectivity index (χ0v) is 19.9. The first-order valence-corrected chi connectivity index (χ1v) is 12.0. The molecule has 0 heterocycles. The monoisotopic (exact) mass is 466 g/mol. The van der Waals surface area contributed by atoms with Crippen molar-refractivity contribution in [2.45, 2.75) is 57.9 Å². The highest BCUT2D eigenvalue weighted by molar-refractivity contribution is 5.79. The molecule has 2 aromatic carbocycles. The third kappa shape index (κ3) is 6.83. The van der Waals surface area contributed by atoms with E-state index in [9.17, 15) is 14.4 Å². The van der Waals surface area contributed by atoms with Crippen LogP contribution in [-0.4, -0.2) is 42.3 Å². The number of benzene rings is 2. The molecule has 0 aliphatic heterocycles. The third-order valence-corrected chi connectivity index (χ3v) is 6.41. The minimum atomic E-state index is -0.932. The molecule has 0 saturated heterocycles. The Kier molecular flexibility index (Phi) is 9.08. The van der Waals surface area contributed by atoms with E-state index in [4.69, 9.17) is 9.84 Å². The van der Waals surface area contributed by atoms with Crippen molar-refractivity contribution in [3.05, 3.63) is 59.7 Å². The van der Waals surface area contributed by atoms with E-state index < -0.39 is 12.1 Å². The van der Waals surface area contributed by atoms with Gasteiger partial charge in [0, 0.05) is 24.9 Å². The summed E-state index contributed by atoms with van der Waals surface area (Å²) in [6.07, 6.45) is 2.15. The Morgan fingerprint density at radius 3 is 2.21 bits per heavy atom. The van der Waals surface area contributed by atoms with E-state index in [0.717, 1.165) is 12.8 Å². The normalized spacial score (nSPS) is 13.9. The van der Waals surface area contributed by atoms with Gasteiger partial charge in [-0.15, -0.1) is 0 Å². The number of fused-ring (bicyclic) bond motifs is 3. The molecule has 2 amide bonds. The number of amides is 2. The average Bonchev–Trinajstić information content (AvgIpc) is 3.13. The van der Waals surface area contributed by atoms with Crippen molar-refractivity contribution in [1.29, 1.82) is 0 Å². The number of ether oxygens (including phenoxy) is 1. The standard InChI is InChI=1S/C27H34N2O5/c1-3-19(12-13-25(30)29-18(2)16-26(31)32)14-15-28-27(33)34-17-24-22-10-6-4-8-20(22)21-9-5-7-11-23(21)24/h4-11,18-19,24H,3,12-17H2,1-2H3,(H,28,33)(H,29,30)(H,31,32)/t18-,19?/m1/s1. The van der Waals surface area contributed by atoms with Gasteiger partial charge < -0.3 is 20.5 Å². The molecule has 1 aliphatic rings. The van der Waals surface area contributed by atoms with Gasteiger partial charge >= 0.3 is 12.1 Å². The quantitative estimate of drug-likeness (QED) is 0.421. The summed E-state index contributed by atoms with van der Waals surface area (Å²) in [7, 11) is 0. The van der Waals surface area contributed by atoms with Crippen LogP contribution in [0.15, 0.2) is 48.5 Å². The summed E-state index contributed by atoms with van der Waals surface area (Å²) in [5, 5.41) is 14.3. The van der Waals surface area contributed by atoms with Crippen LogP contribution in [0, 0.1) is 5.92 Å². The highest BCUT2D eigenvalue weighted by atomic mass is 16.5. The molecule has 0 aromatic heterocycles. The van der Waals surface area contributed by atoms with Crippen LogP contribution in [-0.2, 0) is 14.3 Å². The highest BCUT2D eigenvalue weighted by Crippen LogP contribution is 2.44. The molecule has 3 rings (SSSR count). The Balaban J connectivity index is 1.40. The molecule has 1 aliphatic carbocycles. The molecule has 2 aromatic rings. The van der Waals surface area contributed by atoms with Crippen LogP contribution in [0.2, 0.25) is 0 Å². The minimum absolute atomic E-state index is 0.0311. The Bertz CT molecular complexity index is 961. The van der Waals surface area contributed by atoms with Crippen LogP contribution in [0.3, 0.4) is 0 Å². The maximum atomic E-state index is 12.3. The number of nitrogens with one attached hydrogen (secondary N) is 2. The Morgan fingerprint density at radius 1 is 1.00 bits per heavy atom. The van der Waals surface area contributed by atoms with E-state index in [1.54, 1.807) is 6.92 Å². The molecule has 2 atom stereocenters. The van der Waals surface area contributed by atoms with E-state index in [0.29, 0.717) is 19.4 Å². The number of carboxylic acid groups (broad SMARTS) is 1. The molecule has 0 saturated carbocycles. The maximum absolute atomic E-state index is 12.3. The molecule has 0 bridgehead atoms. The smallest absolute Gasteiger partial charge is 0.407 e. The number of rotatable bonds is 12. The van der Waals surface area contributed by atoms with Crippen LogP contribution in [0.5, 0.6) is 0 Å². The van der Waals surface area contributed by atoms with Crippen LogP contribution >= 0.6 is 0 Å². The van der Waals surface area contributed by atoms with Crippen LogP contribution in [0.1, 0.15) is 63.0 Å². The fourth-order valence-corrected chi connectivity index (χ4v) is 4.58. The van der Waals surface area contributed by atoms with E-state index in [1.807, 2.05) is 24.3 Å². The summed E-state index contributed by atoms with van der Waals surface area (Å²) < 4.78 is 5.57. The fraction of sp³-hybridized carbons (Fsp3) is 0.444. The molecule has 0 fully saturated rings. The number of hydrogen-bond donors (Lipinski definition) is 3. The molecule has 0 radical (unpaired) electrons. The molecule has 34 heavy (non-hydrogen) atoms. The number of carbonyl (C=O) groups is 3. The summed E-state index contributed by atoms with van der Waals surface area (Å²) in [6, 6.07) is 16.1. The Labute approximate surface area is 200 Å². The van der Waals surface area contributed by atoms with Crippen molar-refractivity contribution < 1.29 is 24.2 Å². The second-order valence-corrected chi connectivity index (χ2v) is 8.92. The Hall–Kier alpha value is -3.35. The maximum Gasteiger partial charge on any atom is 0.407 e. The van der Waals surface area contributed by atoms with Gasteiger partial charge in [-0.2, -0.15) is 0 Å². The van der Waals surface area contributed by atoms with E-state index in [1.165, 1.54) is 22.3 Å². The first-order chi connectivity index (χ1) is 16.4. The van der Waals surface area contributed by atoms with Gasteiger partial charge in [-0.25, -0.2) is 4.79 Å². The number of hydrogen-bond acceptors (Lipinski definition) is 4. The fourth-order valence-electron chi connectivity index (χ4n) is 4.58. The average molecular weight is 467 g/mol. The van der Waals surface area contributed by atoms with Crippen LogP contribution in [0.4, 0.5) is 4.79 Å². The number of carboxylic acids is 1. The van der Waals surface area contributed by atoms with Crippen LogP contribution < -0.4 is 10.6 Å². The van der Waals surface area contributed by atoms with Gasteiger partial charge in [0.15, 0.2) is 0 Å². The summed E-state index contributed by atoms with van der Waals surface area (Å²) in [5.41, 5.74) is 4.75. The van der Waals surface area contributed by atoms with Crippen molar-refractivity contribution in [2.75, 3.05) is 13.2 Å². The molecule has 0 spiro atoms. The van der Waals surface area contributed by atoms with Gasteiger partial charge in [-0.3, -0.25) is 9.59 Å². The third-order valence-electron chi connectivity index (χ3n) is 6.41. The first-order valence-electron chi connectivity index (χ1n) is 12.0. The summed E-state index contributed by atoms with van der Waals surface area (Å²) in [5.74, 6) is -0.756. The predicted molar refractivity (Wildman–Crippen MR) is 131 cm³/mol. The zero-order valence-electron chi connectivity index (χ0n) is 19.9. The van der Waals surface area contributed by atoms with Gasteiger partial charge in [0.05, 0.1) is 6.42 Å². The molecular formula is C27H34N2O5. The molecule has 7 nitrogen and oxygen atoms in total. The SMILES string of the molecule is CCC(CCNC(=O)OCC1c2ccccc2-c2ccccc21)CCC(=O)N[C@H](C)CC(=O)O. The lowest BCUT2D eigenvalue weighted by Crippen LogP contribution is -2.34. The molecule has 3 N–H and O–H groups in total. The summed E-state index contributed by atoms with van der Waals surface area (Å²) in [6.45, 7) is 4.50. The topological polar surface area (TPSA) is 105 Å². The van der Waals surface area contributed by atoms with Gasteiger partial charge in [0.25, 0.3) is 0 Å². The second kappa shape index (κ2) is 12.2. The molecule has 7 heteroatoms. The van der Waals surface area contributed by atoms with Crippen molar-refractivity contribution in [1.82, 2.24) is 10.6 Å². The van der Waals surface area contributed by atoms with Crippen molar-refractivity contribution in [3.63, 3.8) is 0 Å².